The summed E-state index contributed by atoms with van der Waals surface area (Å²) in [6.45, 7) is 2.93. The lowest BCUT2D eigenvalue weighted by molar-refractivity contribution is -0.119. The zero-order valence-corrected chi connectivity index (χ0v) is 18.8. The van der Waals surface area contributed by atoms with E-state index in [1.807, 2.05) is 11.5 Å². The molecule has 1 heterocycles. The van der Waals surface area contributed by atoms with Gasteiger partial charge < -0.3 is 14.6 Å². The molecule has 1 aromatic carbocycles. The van der Waals surface area contributed by atoms with Crippen LogP contribution in [0, 0.1) is 0 Å². The van der Waals surface area contributed by atoms with Gasteiger partial charge in [0.15, 0.2) is 11.0 Å². The average molecular weight is 457 g/mol. The molecular weight excluding hydrogens is 431 g/mol. The highest BCUT2D eigenvalue weighted by Crippen LogP contribution is 2.28. The third kappa shape index (κ3) is 6.52. The van der Waals surface area contributed by atoms with Gasteiger partial charge in [-0.3, -0.25) is 4.79 Å². The first kappa shape index (κ1) is 22.2. The predicted molar refractivity (Wildman–Crippen MR) is 117 cm³/mol. The molecule has 1 aliphatic rings. The third-order valence-corrected chi connectivity index (χ3v) is 6.41. The summed E-state index contributed by atoms with van der Waals surface area (Å²) in [5, 5.41) is 13.3. The van der Waals surface area contributed by atoms with E-state index in [-0.39, 0.29) is 12.5 Å². The quantitative estimate of drug-likeness (QED) is 0.441. The molecule has 1 aliphatic carbocycles. The minimum Gasteiger partial charge on any atom is -0.484 e. The molecule has 1 saturated carbocycles. The zero-order valence-electron chi connectivity index (χ0n) is 16.5. The van der Waals surface area contributed by atoms with E-state index in [9.17, 15) is 4.79 Å². The Hall–Kier alpha value is -1.44. The van der Waals surface area contributed by atoms with Gasteiger partial charge in [0.1, 0.15) is 12.4 Å². The van der Waals surface area contributed by atoms with E-state index in [0.717, 1.165) is 12.8 Å². The summed E-state index contributed by atoms with van der Waals surface area (Å²) in [4.78, 5) is 12.3. The van der Waals surface area contributed by atoms with Crippen molar-refractivity contribution >= 4 is 40.9 Å². The minimum atomic E-state index is 0.0540. The number of carbonyl (C=O) groups excluding carboxylic acids is 1. The average Bonchev–Trinajstić information content (AvgIpc) is 2.91. The first-order chi connectivity index (χ1) is 14.1. The summed E-state index contributed by atoms with van der Waals surface area (Å²) in [5.74, 6) is 1.61. The lowest BCUT2D eigenvalue weighted by Gasteiger charge is -2.16. The second-order valence-corrected chi connectivity index (χ2v) is 8.84. The summed E-state index contributed by atoms with van der Waals surface area (Å²) in [6, 6.07) is 5.39. The molecule has 0 saturated heterocycles. The highest BCUT2D eigenvalue weighted by Gasteiger charge is 2.17. The summed E-state index contributed by atoms with van der Waals surface area (Å²) in [7, 11) is 0. The molecule has 158 valence electrons. The van der Waals surface area contributed by atoms with Crippen molar-refractivity contribution in [2.45, 2.75) is 69.8 Å². The number of carbonyl (C=O) groups is 1. The number of amides is 1. The molecule has 3 rings (SSSR count). The smallest absolute Gasteiger partial charge is 0.230 e. The lowest BCUT2D eigenvalue weighted by Crippen LogP contribution is -2.35. The van der Waals surface area contributed by atoms with Crippen molar-refractivity contribution in [1.82, 2.24) is 20.1 Å². The fraction of sp³-hybridized carbons (Fsp3) is 0.550. The molecule has 9 heteroatoms. The Bertz CT molecular complexity index is 823. The Kier molecular flexibility index (Phi) is 8.51. The molecule has 1 N–H and O–H groups in total. The maximum Gasteiger partial charge on any atom is 0.230 e. The molecule has 2 aromatic rings. The molecule has 1 amide bonds. The molecule has 1 fully saturated rings. The first-order valence-corrected chi connectivity index (χ1v) is 11.7. The first-order valence-electron chi connectivity index (χ1n) is 9.99. The SMILES string of the molecule is CCn1c(COc2ccc(Cl)cc2Cl)nnc1SCC(=O)NC1CCCCCC1. The van der Waals surface area contributed by atoms with Gasteiger partial charge >= 0.3 is 0 Å². The number of nitrogens with one attached hydrogen (secondary N) is 1. The van der Waals surface area contributed by atoms with Crippen molar-refractivity contribution < 1.29 is 9.53 Å². The third-order valence-electron chi connectivity index (χ3n) is 4.91. The van der Waals surface area contributed by atoms with Crippen LogP contribution in [-0.2, 0) is 17.9 Å². The number of thioether (sulfide) groups is 1. The molecule has 6 nitrogen and oxygen atoms in total. The molecule has 0 aliphatic heterocycles. The number of ether oxygens (including phenoxy) is 1. The Balaban J connectivity index is 1.53. The highest BCUT2D eigenvalue weighted by molar-refractivity contribution is 7.99. The van der Waals surface area contributed by atoms with Gasteiger partial charge in [-0.15, -0.1) is 10.2 Å². The summed E-state index contributed by atoms with van der Waals surface area (Å²) in [6.07, 6.45) is 7.10. The van der Waals surface area contributed by atoms with E-state index < -0.39 is 0 Å². The number of hydrogen-bond donors (Lipinski definition) is 1. The number of rotatable bonds is 8. The van der Waals surface area contributed by atoms with Gasteiger partial charge in [0.2, 0.25) is 5.91 Å². The number of benzene rings is 1. The fourth-order valence-corrected chi connectivity index (χ4v) is 4.70. The number of aromatic nitrogens is 3. The Morgan fingerprint density at radius 3 is 2.69 bits per heavy atom. The maximum absolute atomic E-state index is 12.3. The van der Waals surface area contributed by atoms with Crippen LogP contribution < -0.4 is 10.1 Å². The highest BCUT2D eigenvalue weighted by atomic mass is 35.5. The Morgan fingerprint density at radius 1 is 1.24 bits per heavy atom. The van der Waals surface area contributed by atoms with Crippen LogP contribution in [0.4, 0.5) is 0 Å². The van der Waals surface area contributed by atoms with Gasteiger partial charge in [0, 0.05) is 17.6 Å². The van der Waals surface area contributed by atoms with Crippen molar-refractivity contribution in [3.8, 4) is 5.75 Å². The number of hydrogen-bond acceptors (Lipinski definition) is 5. The van der Waals surface area contributed by atoms with Crippen LogP contribution >= 0.6 is 35.0 Å². The normalized spacial score (nSPS) is 15.1. The van der Waals surface area contributed by atoms with Crippen LogP contribution in [0.3, 0.4) is 0 Å². The van der Waals surface area contributed by atoms with E-state index in [1.165, 1.54) is 37.4 Å². The zero-order chi connectivity index (χ0) is 20.6. The molecule has 29 heavy (non-hydrogen) atoms. The van der Waals surface area contributed by atoms with Crippen molar-refractivity contribution in [3.63, 3.8) is 0 Å². The van der Waals surface area contributed by atoms with Crippen molar-refractivity contribution in [1.29, 1.82) is 0 Å². The molecular formula is C20H26Cl2N4O2S. The molecule has 0 bridgehead atoms. The maximum atomic E-state index is 12.3. The van der Waals surface area contributed by atoms with Crippen LogP contribution in [-0.4, -0.2) is 32.5 Å². The minimum absolute atomic E-state index is 0.0540. The van der Waals surface area contributed by atoms with E-state index in [0.29, 0.717) is 45.1 Å². The second kappa shape index (κ2) is 11.1. The van der Waals surface area contributed by atoms with Gasteiger partial charge in [0.05, 0.1) is 10.8 Å². The Morgan fingerprint density at radius 2 is 2.00 bits per heavy atom. The predicted octanol–water partition coefficient (Wildman–Crippen LogP) is 5.11. The fourth-order valence-electron chi connectivity index (χ4n) is 3.41. The van der Waals surface area contributed by atoms with Crippen LogP contribution in [0.1, 0.15) is 51.3 Å². The molecule has 0 spiro atoms. The van der Waals surface area contributed by atoms with Crippen LogP contribution in [0.15, 0.2) is 23.4 Å². The number of halogens is 2. The van der Waals surface area contributed by atoms with E-state index in [2.05, 4.69) is 15.5 Å². The largest absolute Gasteiger partial charge is 0.484 e. The van der Waals surface area contributed by atoms with E-state index in [1.54, 1.807) is 18.2 Å². The standard InChI is InChI=1S/C20H26Cl2N4O2S/c1-2-26-18(12-28-17-10-9-14(21)11-16(17)22)24-25-20(26)29-13-19(27)23-15-7-5-3-4-6-8-15/h9-11,15H,2-8,12-13H2,1H3,(H,23,27). The second-order valence-electron chi connectivity index (χ2n) is 7.05. The van der Waals surface area contributed by atoms with E-state index >= 15 is 0 Å². The van der Waals surface area contributed by atoms with Crippen molar-refractivity contribution in [3.05, 3.63) is 34.1 Å². The lowest BCUT2D eigenvalue weighted by atomic mass is 10.1. The van der Waals surface area contributed by atoms with Crippen LogP contribution in [0.2, 0.25) is 10.0 Å². The van der Waals surface area contributed by atoms with Gasteiger partial charge in [-0.25, -0.2) is 0 Å². The Labute approximate surface area is 185 Å². The molecule has 0 atom stereocenters. The molecule has 0 unspecified atom stereocenters. The van der Waals surface area contributed by atoms with Gasteiger partial charge in [-0.1, -0.05) is 60.6 Å². The summed E-state index contributed by atoms with van der Waals surface area (Å²) >= 11 is 13.5. The molecule has 0 radical (unpaired) electrons. The summed E-state index contributed by atoms with van der Waals surface area (Å²) in [5.41, 5.74) is 0. The van der Waals surface area contributed by atoms with Crippen molar-refractivity contribution in [2.24, 2.45) is 0 Å². The topological polar surface area (TPSA) is 69.0 Å². The van der Waals surface area contributed by atoms with Gasteiger partial charge in [-0.2, -0.15) is 0 Å². The molecule has 1 aromatic heterocycles. The van der Waals surface area contributed by atoms with Crippen LogP contribution in [0.25, 0.3) is 0 Å². The number of nitrogens with zero attached hydrogens (tertiary/aromatic N) is 3. The monoisotopic (exact) mass is 456 g/mol. The van der Waals surface area contributed by atoms with E-state index in [4.69, 9.17) is 27.9 Å². The van der Waals surface area contributed by atoms with Crippen molar-refractivity contribution in [2.75, 3.05) is 5.75 Å². The van der Waals surface area contributed by atoms with Crippen LogP contribution in [0.5, 0.6) is 5.75 Å². The van der Waals surface area contributed by atoms with Gasteiger partial charge in [0.25, 0.3) is 0 Å². The summed E-state index contributed by atoms with van der Waals surface area (Å²) < 4.78 is 7.72. The van der Waals surface area contributed by atoms with Gasteiger partial charge in [-0.05, 0) is 38.0 Å².